The number of rotatable bonds is 5. The average molecular weight is 271 g/mol. The second-order valence-corrected chi connectivity index (χ2v) is 5.13. The second-order valence-electron chi connectivity index (χ2n) is 4.21. The van der Waals surface area contributed by atoms with Gasteiger partial charge in [-0.05, 0) is 53.9 Å². The van der Waals surface area contributed by atoms with Crippen molar-refractivity contribution in [1.82, 2.24) is 10.3 Å². The van der Waals surface area contributed by atoms with E-state index in [1.807, 2.05) is 19.3 Å². The molecule has 0 bridgehead atoms. The monoisotopic (exact) mass is 270 g/mol. The van der Waals surface area contributed by atoms with E-state index >= 15 is 0 Å². The molecule has 0 saturated heterocycles. The number of hydrogen-bond acceptors (Lipinski definition) is 2. The first-order chi connectivity index (χ1) is 7.13. The summed E-state index contributed by atoms with van der Waals surface area (Å²) in [5.41, 5.74) is 1.13. The third-order valence-electron chi connectivity index (χ3n) is 2.49. The summed E-state index contributed by atoms with van der Waals surface area (Å²) in [6, 6.07) is 4.49. The highest BCUT2D eigenvalue weighted by Crippen LogP contribution is 2.20. The van der Waals surface area contributed by atoms with Gasteiger partial charge in [0.2, 0.25) is 0 Å². The van der Waals surface area contributed by atoms with Crippen LogP contribution in [-0.4, -0.2) is 12.0 Å². The summed E-state index contributed by atoms with van der Waals surface area (Å²) in [6.45, 7) is 4.50. The molecule has 1 rings (SSSR count). The molecule has 0 spiro atoms. The van der Waals surface area contributed by atoms with E-state index < -0.39 is 0 Å². The molecule has 2 nitrogen and oxygen atoms in total. The first kappa shape index (κ1) is 12.7. The number of pyridine rings is 1. The molecular formula is C12H19BrN2. The van der Waals surface area contributed by atoms with Crippen LogP contribution in [0.25, 0.3) is 0 Å². The zero-order chi connectivity index (χ0) is 11.3. The minimum Gasteiger partial charge on any atom is -0.312 e. The minimum absolute atomic E-state index is 0.375. The third kappa shape index (κ3) is 4.31. The zero-order valence-electron chi connectivity index (χ0n) is 9.63. The quantitative estimate of drug-likeness (QED) is 0.886. The molecule has 84 valence electrons. The molecule has 1 unspecified atom stereocenters. The molecule has 0 aliphatic heterocycles. The standard InChI is InChI=1S/C12H19BrN2/c1-9(2)4-6-11(14-3)12-7-5-10(13)8-15-12/h5,7-9,11,14H,4,6H2,1-3H3. The van der Waals surface area contributed by atoms with Crippen molar-refractivity contribution in [2.24, 2.45) is 5.92 Å². The molecule has 1 aromatic rings. The lowest BCUT2D eigenvalue weighted by atomic mass is 10.0. The Morgan fingerprint density at radius 3 is 2.53 bits per heavy atom. The van der Waals surface area contributed by atoms with Gasteiger partial charge in [0.05, 0.1) is 5.69 Å². The van der Waals surface area contributed by atoms with E-state index in [0.717, 1.165) is 22.5 Å². The molecule has 3 heteroatoms. The summed E-state index contributed by atoms with van der Waals surface area (Å²) in [4.78, 5) is 4.42. The molecule has 1 N–H and O–H groups in total. The van der Waals surface area contributed by atoms with Crippen LogP contribution < -0.4 is 5.32 Å². The predicted molar refractivity (Wildman–Crippen MR) is 67.8 cm³/mol. The van der Waals surface area contributed by atoms with Crippen LogP contribution in [0, 0.1) is 5.92 Å². The van der Waals surface area contributed by atoms with Gasteiger partial charge in [-0.1, -0.05) is 13.8 Å². The van der Waals surface area contributed by atoms with Crippen molar-refractivity contribution in [3.8, 4) is 0 Å². The lowest BCUT2D eigenvalue weighted by Crippen LogP contribution is -2.18. The molecular weight excluding hydrogens is 252 g/mol. The van der Waals surface area contributed by atoms with Gasteiger partial charge in [0.25, 0.3) is 0 Å². The lowest BCUT2D eigenvalue weighted by molar-refractivity contribution is 0.458. The van der Waals surface area contributed by atoms with E-state index in [2.05, 4.69) is 46.1 Å². The Labute approximate surface area is 101 Å². The van der Waals surface area contributed by atoms with Crippen molar-refractivity contribution in [2.75, 3.05) is 7.05 Å². The maximum Gasteiger partial charge on any atom is 0.0573 e. The van der Waals surface area contributed by atoms with E-state index in [0.29, 0.717) is 6.04 Å². The minimum atomic E-state index is 0.375. The molecule has 1 atom stereocenters. The van der Waals surface area contributed by atoms with Crippen molar-refractivity contribution in [3.63, 3.8) is 0 Å². The van der Waals surface area contributed by atoms with Gasteiger partial charge in [0, 0.05) is 16.7 Å². The molecule has 0 radical (unpaired) electrons. The van der Waals surface area contributed by atoms with Crippen LogP contribution in [0.15, 0.2) is 22.8 Å². The van der Waals surface area contributed by atoms with E-state index in [4.69, 9.17) is 0 Å². The maximum absolute atomic E-state index is 4.42. The number of nitrogens with one attached hydrogen (secondary N) is 1. The van der Waals surface area contributed by atoms with Gasteiger partial charge in [-0.15, -0.1) is 0 Å². The fraction of sp³-hybridized carbons (Fsp3) is 0.583. The molecule has 0 saturated carbocycles. The summed E-state index contributed by atoms with van der Waals surface area (Å²) < 4.78 is 1.03. The Bertz CT molecular complexity index is 282. The van der Waals surface area contributed by atoms with Crippen LogP contribution in [0.4, 0.5) is 0 Å². The summed E-state index contributed by atoms with van der Waals surface area (Å²) in [7, 11) is 1.99. The van der Waals surface area contributed by atoms with Gasteiger partial charge in [-0.3, -0.25) is 4.98 Å². The fourth-order valence-electron chi connectivity index (χ4n) is 1.53. The number of hydrogen-bond donors (Lipinski definition) is 1. The Hall–Kier alpha value is -0.410. The van der Waals surface area contributed by atoms with Gasteiger partial charge < -0.3 is 5.32 Å². The molecule has 0 amide bonds. The van der Waals surface area contributed by atoms with Gasteiger partial charge in [-0.2, -0.15) is 0 Å². The summed E-state index contributed by atoms with van der Waals surface area (Å²) in [5, 5.41) is 3.32. The maximum atomic E-state index is 4.42. The molecule has 0 fully saturated rings. The molecule has 0 aliphatic carbocycles. The highest BCUT2D eigenvalue weighted by Gasteiger charge is 2.10. The van der Waals surface area contributed by atoms with Crippen molar-refractivity contribution in [3.05, 3.63) is 28.5 Å². The summed E-state index contributed by atoms with van der Waals surface area (Å²) >= 11 is 3.40. The first-order valence-electron chi connectivity index (χ1n) is 5.42. The van der Waals surface area contributed by atoms with Crippen molar-refractivity contribution in [2.45, 2.75) is 32.7 Å². The van der Waals surface area contributed by atoms with Crippen LogP contribution in [0.3, 0.4) is 0 Å². The Kier molecular flexibility index (Phi) is 5.26. The zero-order valence-corrected chi connectivity index (χ0v) is 11.2. The molecule has 0 aliphatic rings. The number of nitrogens with zero attached hydrogens (tertiary/aromatic N) is 1. The van der Waals surface area contributed by atoms with Crippen LogP contribution >= 0.6 is 15.9 Å². The molecule has 1 aromatic heterocycles. The summed E-state index contributed by atoms with van der Waals surface area (Å²) in [6.07, 6.45) is 4.22. The molecule has 0 aromatic carbocycles. The van der Waals surface area contributed by atoms with E-state index in [-0.39, 0.29) is 0 Å². The van der Waals surface area contributed by atoms with E-state index in [1.165, 1.54) is 6.42 Å². The highest BCUT2D eigenvalue weighted by molar-refractivity contribution is 9.10. The van der Waals surface area contributed by atoms with E-state index in [1.54, 1.807) is 0 Å². The van der Waals surface area contributed by atoms with Crippen LogP contribution in [-0.2, 0) is 0 Å². The van der Waals surface area contributed by atoms with E-state index in [9.17, 15) is 0 Å². The van der Waals surface area contributed by atoms with Gasteiger partial charge >= 0.3 is 0 Å². The Morgan fingerprint density at radius 2 is 2.07 bits per heavy atom. The third-order valence-corrected chi connectivity index (χ3v) is 2.96. The van der Waals surface area contributed by atoms with Gasteiger partial charge in [0.15, 0.2) is 0 Å². The van der Waals surface area contributed by atoms with Crippen LogP contribution in [0.1, 0.15) is 38.4 Å². The van der Waals surface area contributed by atoms with Gasteiger partial charge in [0.1, 0.15) is 0 Å². The Balaban J connectivity index is 2.61. The van der Waals surface area contributed by atoms with Crippen molar-refractivity contribution in [1.29, 1.82) is 0 Å². The lowest BCUT2D eigenvalue weighted by Gasteiger charge is -2.16. The van der Waals surface area contributed by atoms with Crippen LogP contribution in [0.2, 0.25) is 0 Å². The highest BCUT2D eigenvalue weighted by atomic mass is 79.9. The first-order valence-corrected chi connectivity index (χ1v) is 6.21. The second kappa shape index (κ2) is 6.23. The van der Waals surface area contributed by atoms with Gasteiger partial charge in [-0.25, -0.2) is 0 Å². The number of aromatic nitrogens is 1. The topological polar surface area (TPSA) is 24.9 Å². The SMILES string of the molecule is CNC(CCC(C)C)c1ccc(Br)cn1. The van der Waals surface area contributed by atoms with Crippen molar-refractivity contribution >= 4 is 15.9 Å². The largest absolute Gasteiger partial charge is 0.312 e. The normalized spacial score (nSPS) is 13.1. The van der Waals surface area contributed by atoms with Crippen molar-refractivity contribution < 1.29 is 0 Å². The number of halogens is 1. The molecule has 15 heavy (non-hydrogen) atoms. The summed E-state index contributed by atoms with van der Waals surface area (Å²) in [5.74, 6) is 0.747. The predicted octanol–water partition coefficient (Wildman–Crippen LogP) is 3.54. The Morgan fingerprint density at radius 1 is 1.33 bits per heavy atom. The fourth-order valence-corrected chi connectivity index (χ4v) is 1.77. The average Bonchev–Trinajstić information content (AvgIpc) is 2.21. The molecule has 1 heterocycles. The smallest absolute Gasteiger partial charge is 0.0573 e. The van der Waals surface area contributed by atoms with Crippen LogP contribution in [0.5, 0.6) is 0 Å².